The zero-order chi connectivity index (χ0) is 8.86. The van der Waals surface area contributed by atoms with Crippen molar-refractivity contribution in [2.45, 2.75) is 38.5 Å². The molecule has 2 radical (unpaired) electrons. The van der Waals surface area contributed by atoms with Crippen molar-refractivity contribution in [2.75, 3.05) is 0 Å². The summed E-state index contributed by atoms with van der Waals surface area (Å²) in [4.78, 5) is 0. The Morgan fingerprint density at radius 3 is 1.19 bits per heavy atom. The predicted octanol–water partition coefficient (Wildman–Crippen LogP) is 3.24. The van der Waals surface area contributed by atoms with Gasteiger partial charge in [0.25, 0.3) is 0 Å². The van der Waals surface area contributed by atoms with Crippen molar-refractivity contribution < 1.29 is 65.4 Å². The van der Waals surface area contributed by atoms with E-state index >= 15 is 0 Å². The average Bonchev–Trinajstić information content (AvgIpc) is 2.24. The van der Waals surface area contributed by atoms with Crippen LogP contribution in [-0.2, 0) is 65.4 Å². The molecule has 4 unspecified atom stereocenters. The molecule has 82 valence electrons. The molecule has 0 aromatic carbocycles. The van der Waals surface area contributed by atoms with Gasteiger partial charge >= 0.3 is 0 Å². The van der Waals surface area contributed by atoms with Crippen molar-refractivity contribution in [3.8, 4) is 0 Å². The van der Waals surface area contributed by atoms with Crippen LogP contribution in [0.25, 0.3) is 0 Å². The molecule has 7 saturated carbocycles. The summed E-state index contributed by atoms with van der Waals surface area (Å²) in [6.07, 6.45) is 9.50. The fourth-order valence-electron chi connectivity index (χ4n) is 6.08. The first kappa shape index (κ1) is 13.2. The van der Waals surface area contributed by atoms with Crippen LogP contribution in [-0.4, -0.2) is 0 Å². The smallest absolute Gasteiger partial charge is 0 e. The van der Waals surface area contributed by atoms with Gasteiger partial charge in [0.2, 0.25) is 0 Å². The monoisotopic (exact) mass is 364 g/mol. The van der Waals surface area contributed by atoms with Gasteiger partial charge in [-0.2, -0.15) is 36.5 Å². The van der Waals surface area contributed by atoms with Crippen LogP contribution in [0.5, 0.6) is 0 Å². The van der Waals surface area contributed by atoms with E-state index in [0.717, 1.165) is 35.5 Å². The molecule has 7 aliphatic carbocycles. The molecular formula is C14H18Y2-2. The second kappa shape index (κ2) is 4.36. The maximum absolute atomic E-state index is 2.07. The summed E-state index contributed by atoms with van der Waals surface area (Å²) in [7, 11) is 0. The molecule has 0 amide bonds. The van der Waals surface area contributed by atoms with E-state index in [2.05, 4.69) is 11.8 Å². The summed E-state index contributed by atoms with van der Waals surface area (Å²) < 4.78 is 0. The van der Waals surface area contributed by atoms with Gasteiger partial charge in [0.05, 0.1) is 0 Å². The summed E-state index contributed by atoms with van der Waals surface area (Å²) in [5.74, 6) is 10.8. The maximum Gasteiger partial charge on any atom is 0 e. The summed E-state index contributed by atoms with van der Waals surface area (Å²) in [6.45, 7) is 0. The molecule has 4 atom stereocenters. The van der Waals surface area contributed by atoms with Crippen LogP contribution in [0.2, 0.25) is 0 Å². The first-order chi connectivity index (χ1) is 6.90. The van der Waals surface area contributed by atoms with Gasteiger partial charge in [-0.05, 0) is 0 Å². The molecule has 0 spiro atoms. The molecule has 0 saturated heterocycles. The van der Waals surface area contributed by atoms with E-state index in [0.29, 0.717) is 0 Å². The third-order valence-electron chi connectivity index (χ3n) is 6.27. The van der Waals surface area contributed by atoms with Crippen LogP contribution in [0, 0.1) is 47.3 Å². The van der Waals surface area contributed by atoms with Crippen molar-refractivity contribution in [1.29, 1.82) is 0 Å². The van der Waals surface area contributed by atoms with Crippen LogP contribution < -0.4 is 0 Å². The third-order valence-corrected chi connectivity index (χ3v) is 6.27. The van der Waals surface area contributed by atoms with Crippen molar-refractivity contribution in [1.82, 2.24) is 0 Å². The number of hydrogen-bond donors (Lipinski definition) is 0. The fourth-order valence-corrected chi connectivity index (χ4v) is 6.08. The van der Waals surface area contributed by atoms with Gasteiger partial charge < -0.3 is 11.8 Å². The SMILES string of the molecule is C1[C-]2C3CC4C[C-]5C3CC1CC5C2C4.[Y].[Y]. The van der Waals surface area contributed by atoms with Gasteiger partial charge in [-0.25, -0.2) is 0 Å². The summed E-state index contributed by atoms with van der Waals surface area (Å²) in [6, 6.07) is 0. The standard InChI is InChI=1S/C14H18.2Y/c1-7-2-12-10-4-8-5-11(9(1)10)13(3-7)14(12)6-8;;/h7-10,13-14H,1-6H2;;/q-2;;. The van der Waals surface area contributed by atoms with E-state index in [1.807, 2.05) is 0 Å². The zero-order valence-electron chi connectivity index (χ0n) is 9.86. The Kier molecular flexibility index (Phi) is 3.60. The molecule has 2 heteroatoms. The van der Waals surface area contributed by atoms with Gasteiger partial charge in [-0.3, -0.25) is 0 Å². The maximum atomic E-state index is 2.07. The van der Waals surface area contributed by atoms with Gasteiger partial charge in [-0.1, -0.05) is 37.5 Å². The van der Waals surface area contributed by atoms with Crippen LogP contribution in [0.4, 0.5) is 0 Å². The first-order valence-electron chi connectivity index (χ1n) is 6.61. The van der Waals surface area contributed by atoms with Crippen LogP contribution in [0.1, 0.15) is 38.5 Å². The normalized spacial score (nSPS) is 56.2. The van der Waals surface area contributed by atoms with E-state index < -0.39 is 0 Å². The largest absolute Gasteiger partial charge is 0.312 e. The summed E-state index contributed by atoms with van der Waals surface area (Å²) >= 11 is 0. The Morgan fingerprint density at radius 2 is 0.875 bits per heavy atom. The molecule has 16 heavy (non-hydrogen) atoms. The zero-order valence-corrected chi connectivity index (χ0v) is 15.5. The predicted molar refractivity (Wildman–Crippen MR) is 55.1 cm³/mol. The Bertz CT molecular complexity index is 214. The summed E-state index contributed by atoms with van der Waals surface area (Å²) in [5, 5.41) is 0. The van der Waals surface area contributed by atoms with E-state index in [1.165, 1.54) is 0 Å². The van der Waals surface area contributed by atoms with Crippen molar-refractivity contribution in [3.63, 3.8) is 0 Å². The van der Waals surface area contributed by atoms with E-state index in [9.17, 15) is 0 Å². The minimum atomic E-state index is 0. The molecule has 0 heterocycles. The second-order valence-electron chi connectivity index (χ2n) is 6.66. The van der Waals surface area contributed by atoms with Gasteiger partial charge in [-0.15, -0.1) is 0 Å². The van der Waals surface area contributed by atoms with Crippen molar-refractivity contribution >= 4 is 0 Å². The van der Waals surface area contributed by atoms with Gasteiger partial charge in [0.15, 0.2) is 0 Å². The molecule has 0 aromatic rings. The number of hydrogen-bond acceptors (Lipinski definition) is 0. The Labute approximate surface area is 149 Å². The van der Waals surface area contributed by atoms with Crippen LogP contribution in [0.15, 0.2) is 0 Å². The fraction of sp³-hybridized carbons (Fsp3) is 0.857. The van der Waals surface area contributed by atoms with Crippen LogP contribution in [0.3, 0.4) is 0 Å². The van der Waals surface area contributed by atoms with Crippen molar-refractivity contribution in [3.05, 3.63) is 11.8 Å². The third kappa shape index (κ3) is 1.49. The average molecular weight is 364 g/mol. The Balaban J connectivity index is 0.000000405. The molecule has 7 rings (SSSR count). The van der Waals surface area contributed by atoms with E-state index in [-0.39, 0.29) is 65.4 Å². The Hall–Kier alpha value is 2.21. The number of rotatable bonds is 0. The molecule has 7 aliphatic rings. The Morgan fingerprint density at radius 1 is 0.562 bits per heavy atom. The van der Waals surface area contributed by atoms with E-state index in [4.69, 9.17) is 0 Å². The topological polar surface area (TPSA) is 0 Å². The summed E-state index contributed by atoms with van der Waals surface area (Å²) in [5.41, 5.74) is 0. The molecule has 0 N–H and O–H groups in total. The van der Waals surface area contributed by atoms with E-state index in [1.54, 1.807) is 38.5 Å². The molecule has 0 aliphatic heterocycles. The molecule has 7 fully saturated rings. The molecule has 0 aromatic heterocycles. The van der Waals surface area contributed by atoms with Gasteiger partial charge in [0.1, 0.15) is 0 Å². The first-order valence-corrected chi connectivity index (χ1v) is 6.61. The second-order valence-corrected chi connectivity index (χ2v) is 6.66. The quantitative estimate of drug-likeness (QED) is 0.579. The minimum Gasteiger partial charge on any atom is -0.312 e. The molecular weight excluding hydrogens is 346 g/mol. The minimum absolute atomic E-state index is 0. The van der Waals surface area contributed by atoms with Gasteiger partial charge in [0, 0.05) is 65.4 Å². The van der Waals surface area contributed by atoms with Crippen LogP contribution >= 0.6 is 0 Å². The molecule has 0 nitrogen and oxygen atoms in total. The molecule has 8 bridgehead atoms. The van der Waals surface area contributed by atoms with Crippen molar-refractivity contribution in [2.24, 2.45) is 35.5 Å².